The molecule has 5 rings (SSSR count). The molecule has 3 aromatic rings. The number of thiazole rings is 1. The lowest BCUT2D eigenvalue weighted by atomic mass is 10.1. The lowest BCUT2D eigenvalue weighted by Gasteiger charge is -2.18. The molecule has 2 unspecified atom stereocenters. The van der Waals surface area contributed by atoms with Crippen LogP contribution in [-0.2, 0) is 0 Å². The van der Waals surface area contributed by atoms with Crippen LogP contribution >= 0.6 is 11.3 Å². The van der Waals surface area contributed by atoms with Crippen LogP contribution in [-0.4, -0.2) is 50.4 Å². The third kappa shape index (κ3) is 4.89. The maximum Gasteiger partial charge on any atom is 0.405 e. The first-order valence-corrected chi connectivity index (χ1v) is 11.9. The molecule has 0 saturated heterocycles. The first-order valence-electron chi connectivity index (χ1n) is 11.1. The van der Waals surface area contributed by atoms with Crippen molar-refractivity contribution in [1.29, 1.82) is 0 Å². The van der Waals surface area contributed by atoms with E-state index in [1.54, 1.807) is 13.1 Å². The fourth-order valence-electron chi connectivity index (χ4n) is 4.39. The third-order valence-electron chi connectivity index (χ3n) is 6.19. The topological polar surface area (TPSA) is 95.9 Å². The summed E-state index contributed by atoms with van der Waals surface area (Å²) in [5, 5.41) is 15.9. The van der Waals surface area contributed by atoms with Crippen molar-refractivity contribution in [3.05, 3.63) is 23.7 Å². The number of halogens is 3. The summed E-state index contributed by atoms with van der Waals surface area (Å²) in [5.74, 6) is 1.05. The van der Waals surface area contributed by atoms with Gasteiger partial charge in [-0.1, -0.05) is 0 Å². The molecule has 2 aliphatic carbocycles. The van der Waals surface area contributed by atoms with Crippen molar-refractivity contribution < 1.29 is 18.3 Å². The summed E-state index contributed by atoms with van der Waals surface area (Å²) in [6.45, 7) is 0.679. The van der Waals surface area contributed by atoms with E-state index in [0.717, 1.165) is 53.0 Å². The van der Waals surface area contributed by atoms with Gasteiger partial charge < -0.3 is 15.7 Å². The second kappa shape index (κ2) is 8.68. The fraction of sp³-hybridized carbons (Fsp3) is 0.545. The van der Waals surface area contributed by atoms with Crippen LogP contribution in [0.1, 0.15) is 49.4 Å². The Labute approximate surface area is 192 Å². The third-order valence-corrected chi connectivity index (χ3v) is 7.23. The monoisotopic (exact) mass is 478 g/mol. The summed E-state index contributed by atoms with van der Waals surface area (Å²) in [6.07, 6.45) is 2.18. The van der Waals surface area contributed by atoms with Gasteiger partial charge in [0.25, 0.3) is 0 Å². The van der Waals surface area contributed by atoms with E-state index in [1.807, 2.05) is 6.07 Å². The van der Waals surface area contributed by atoms with Crippen LogP contribution in [0.4, 0.5) is 24.9 Å². The molecular weight excluding hydrogens is 453 g/mol. The Morgan fingerprint density at radius 2 is 1.97 bits per heavy atom. The highest BCUT2D eigenvalue weighted by molar-refractivity contribution is 7.21. The van der Waals surface area contributed by atoms with Crippen LogP contribution in [0.2, 0.25) is 0 Å². The Hall–Kier alpha value is -2.53. The average molecular weight is 479 g/mol. The first-order chi connectivity index (χ1) is 15.8. The van der Waals surface area contributed by atoms with Gasteiger partial charge >= 0.3 is 6.18 Å². The van der Waals surface area contributed by atoms with Gasteiger partial charge in [-0.25, -0.2) is 9.97 Å². The molecule has 3 N–H and O–H groups in total. The van der Waals surface area contributed by atoms with Gasteiger partial charge in [0.2, 0.25) is 5.95 Å². The molecule has 7 nitrogen and oxygen atoms in total. The lowest BCUT2D eigenvalue weighted by Crippen LogP contribution is -2.24. The van der Waals surface area contributed by atoms with Gasteiger partial charge in [-0.15, -0.1) is 11.3 Å². The molecule has 2 atom stereocenters. The molecule has 11 heteroatoms. The van der Waals surface area contributed by atoms with Crippen molar-refractivity contribution in [3.63, 3.8) is 0 Å². The van der Waals surface area contributed by atoms with Crippen LogP contribution in [0, 0.1) is 12.8 Å². The molecule has 3 aromatic heterocycles. The zero-order valence-corrected chi connectivity index (χ0v) is 18.9. The van der Waals surface area contributed by atoms with Crippen molar-refractivity contribution in [2.24, 2.45) is 5.92 Å². The van der Waals surface area contributed by atoms with E-state index in [0.29, 0.717) is 23.0 Å². The summed E-state index contributed by atoms with van der Waals surface area (Å²) in [6, 6.07) is 2.01. The molecule has 3 heterocycles. The summed E-state index contributed by atoms with van der Waals surface area (Å²) >= 11 is 1.51. The maximum atomic E-state index is 12.8. The largest absolute Gasteiger partial charge is 0.405 e. The minimum Gasteiger partial charge on any atom is -0.396 e. The van der Waals surface area contributed by atoms with Crippen molar-refractivity contribution >= 4 is 33.3 Å². The highest BCUT2D eigenvalue weighted by atomic mass is 32.1. The van der Waals surface area contributed by atoms with Crippen LogP contribution in [0.5, 0.6) is 0 Å². The second-order valence-electron chi connectivity index (χ2n) is 8.86. The molecule has 176 valence electrons. The number of aryl methyl sites for hydroxylation is 1. The zero-order valence-electron chi connectivity index (χ0n) is 18.1. The van der Waals surface area contributed by atoms with E-state index < -0.39 is 12.7 Å². The van der Waals surface area contributed by atoms with Crippen molar-refractivity contribution in [2.45, 2.75) is 57.2 Å². The van der Waals surface area contributed by atoms with E-state index in [9.17, 15) is 18.3 Å². The lowest BCUT2D eigenvalue weighted by molar-refractivity contribution is -0.115. The molecule has 0 aliphatic heterocycles. The van der Waals surface area contributed by atoms with Crippen LogP contribution in [0.25, 0.3) is 20.8 Å². The fourth-order valence-corrected chi connectivity index (χ4v) is 5.46. The number of nitrogens with one attached hydrogen (secondary N) is 2. The predicted octanol–water partition coefficient (Wildman–Crippen LogP) is 4.88. The number of rotatable bonds is 7. The number of alkyl halides is 3. The van der Waals surface area contributed by atoms with Gasteiger partial charge in [0.05, 0.1) is 21.7 Å². The van der Waals surface area contributed by atoms with Gasteiger partial charge in [-0.05, 0) is 51.0 Å². The van der Waals surface area contributed by atoms with Gasteiger partial charge in [-0.2, -0.15) is 18.2 Å². The smallest absolute Gasteiger partial charge is 0.396 e. The minimum atomic E-state index is -4.37. The van der Waals surface area contributed by atoms with Gasteiger partial charge in [0, 0.05) is 24.8 Å². The molecular formula is C22H25F3N6OS. The molecule has 2 aliphatic rings. The number of hydrogen-bond acceptors (Lipinski definition) is 8. The van der Waals surface area contributed by atoms with Crippen molar-refractivity contribution in [3.8, 4) is 10.6 Å². The number of nitrogens with zero attached hydrogens (tertiary/aromatic N) is 4. The predicted molar refractivity (Wildman–Crippen MR) is 122 cm³/mol. The van der Waals surface area contributed by atoms with E-state index in [4.69, 9.17) is 4.98 Å². The van der Waals surface area contributed by atoms with E-state index in [2.05, 4.69) is 25.6 Å². The Balaban J connectivity index is 1.53. The average Bonchev–Trinajstić information content (AvgIpc) is 3.35. The molecule has 33 heavy (non-hydrogen) atoms. The first kappa shape index (κ1) is 22.3. The van der Waals surface area contributed by atoms with E-state index >= 15 is 0 Å². The second-order valence-corrected chi connectivity index (χ2v) is 9.89. The molecule has 0 bridgehead atoms. The van der Waals surface area contributed by atoms with Gasteiger partial charge in [0.15, 0.2) is 0 Å². The summed E-state index contributed by atoms with van der Waals surface area (Å²) in [4.78, 5) is 18.2. The molecule has 0 radical (unpaired) electrons. The summed E-state index contributed by atoms with van der Waals surface area (Å²) < 4.78 is 39.3. The van der Waals surface area contributed by atoms with Crippen LogP contribution in [0.15, 0.2) is 12.3 Å². The number of aromatic nitrogens is 4. The number of fused-ring (bicyclic) bond motifs is 1. The SMILES string of the molecule is Cc1nc(NCC(F)(F)F)nc(NC2CCC(CO)C2)c1-c1nc2c(C3CC3)nccc2s1. The number of anilines is 2. The van der Waals surface area contributed by atoms with Crippen LogP contribution < -0.4 is 10.6 Å². The Bertz CT molecular complexity index is 1160. The van der Waals surface area contributed by atoms with Crippen molar-refractivity contribution in [2.75, 3.05) is 23.8 Å². The number of aliphatic hydroxyl groups excluding tert-OH is 1. The standard InChI is InChI=1S/C22H25F3N6OS/c1-11-16(20-30-18-15(33-20)6-7-26-17(18)13-3-4-13)19(29-14-5-2-12(8-14)9-32)31-21(28-11)27-10-22(23,24)25/h6-7,12-14,32H,2-5,8-10H2,1H3,(H2,27,28,29,31). The molecule has 2 saturated carbocycles. The highest BCUT2D eigenvalue weighted by Crippen LogP contribution is 2.44. The summed E-state index contributed by atoms with van der Waals surface area (Å²) in [7, 11) is 0. The molecule has 2 fully saturated rings. The number of hydrogen-bond donors (Lipinski definition) is 3. The van der Waals surface area contributed by atoms with Crippen LogP contribution in [0.3, 0.4) is 0 Å². The number of pyridine rings is 1. The highest BCUT2D eigenvalue weighted by Gasteiger charge is 2.31. The van der Waals surface area contributed by atoms with E-state index in [1.165, 1.54) is 11.3 Å². The normalized spacial score (nSPS) is 21.0. The number of aliphatic hydroxyl groups is 1. The molecule has 0 amide bonds. The maximum absolute atomic E-state index is 12.8. The van der Waals surface area contributed by atoms with Gasteiger partial charge in [-0.3, -0.25) is 4.98 Å². The molecule has 0 aromatic carbocycles. The van der Waals surface area contributed by atoms with E-state index in [-0.39, 0.29) is 24.5 Å². The minimum absolute atomic E-state index is 0.0729. The van der Waals surface area contributed by atoms with Crippen molar-refractivity contribution in [1.82, 2.24) is 19.9 Å². The zero-order chi connectivity index (χ0) is 23.2. The quantitative estimate of drug-likeness (QED) is 0.445. The Morgan fingerprint density at radius 3 is 2.67 bits per heavy atom. The Kier molecular flexibility index (Phi) is 5.86. The Morgan fingerprint density at radius 1 is 1.15 bits per heavy atom. The van der Waals surface area contributed by atoms with Gasteiger partial charge in [0.1, 0.15) is 22.9 Å². The summed E-state index contributed by atoms with van der Waals surface area (Å²) in [5.41, 5.74) is 3.13. The molecule has 0 spiro atoms.